The van der Waals surface area contributed by atoms with Gasteiger partial charge in [0, 0.05) is 23.5 Å². The van der Waals surface area contributed by atoms with Crippen molar-refractivity contribution in [3.8, 4) is 5.75 Å². The van der Waals surface area contributed by atoms with Crippen LogP contribution in [-0.2, 0) is 0 Å². The van der Waals surface area contributed by atoms with Crippen LogP contribution in [0.1, 0.15) is 34.8 Å². The number of ether oxygens (including phenoxy) is 1. The Balaban J connectivity index is 2.15. The third-order valence-corrected chi connectivity index (χ3v) is 2.73. The van der Waals surface area contributed by atoms with Gasteiger partial charge in [-0.2, -0.15) is 0 Å². The fraction of sp³-hybridized carbons (Fsp3) is 0.250. The van der Waals surface area contributed by atoms with Crippen molar-refractivity contribution in [3.63, 3.8) is 0 Å². The van der Waals surface area contributed by atoms with E-state index in [1.54, 1.807) is 24.5 Å². The van der Waals surface area contributed by atoms with E-state index in [1.807, 2.05) is 25.1 Å². The third kappa shape index (κ3) is 3.41. The number of ketones is 1. The fourth-order valence-electron chi connectivity index (χ4n) is 1.77. The van der Waals surface area contributed by atoms with Gasteiger partial charge in [-0.3, -0.25) is 9.78 Å². The average Bonchev–Trinajstić information content (AvgIpc) is 2.45. The normalized spacial score (nSPS) is 10.2. The third-order valence-electron chi connectivity index (χ3n) is 2.73. The van der Waals surface area contributed by atoms with Gasteiger partial charge in [-0.05, 0) is 49.2 Å². The molecular formula is C16H17NO2. The minimum Gasteiger partial charge on any atom is -0.494 e. The first-order chi connectivity index (χ1) is 9.20. The zero-order chi connectivity index (χ0) is 13.7. The maximum absolute atomic E-state index is 12.2. The van der Waals surface area contributed by atoms with Crippen LogP contribution in [0.25, 0.3) is 0 Å². The highest BCUT2D eigenvalue weighted by Gasteiger charge is 2.09. The highest BCUT2D eigenvalue weighted by Crippen LogP contribution is 2.15. The molecule has 1 aromatic carbocycles. The Bertz CT molecular complexity index is 561. The largest absolute Gasteiger partial charge is 0.494 e. The summed E-state index contributed by atoms with van der Waals surface area (Å²) in [7, 11) is 0. The van der Waals surface area contributed by atoms with Gasteiger partial charge in [0.25, 0.3) is 0 Å². The van der Waals surface area contributed by atoms with Gasteiger partial charge >= 0.3 is 0 Å². The van der Waals surface area contributed by atoms with E-state index in [0.717, 1.165) is 17.7 Å². The predicted molar refractivity (Wildman–Crippen MR) is 74.6 cm³/mol. The summed E-state index contributed by atoms with van der Waals surface area (Å²) in [6.45, 7) is 4.67. The maximum atomic E-state index is 12.2. The van der Waals surface area contributed by atoms with Crippen LogP contribution in [0.3, 0.4) is 0 Å². The van der Waals surface area contributed by atoms with Crippen molar-refractivity contribution in [2.45, 2.75) is 20.3 Å². The molecule has 0 amide bonds. The molecule has 3 nitrogen and oxygen atoms in total. The van der Waals surface area contributed by atoms with E-state index in [4.69, 9.17) is 4.74 Å². The molecule has 0 bridgehead atoms. The van der Waals surface area contributed by atoms with Crippen LogP contribution < -0.4 is 4.74 Å². The highest BCUT2D eigenvalue weighted by atomic mass is 16.5. The summed E-state index contributed by atoms with van der Waals surface area (Å²) < 4.78 is 5.49. The lowest BCUT2D eigenvalue weighted by Crippen LogP contribution is -2.02. The summed E-state index contributed by atoms with van der Waals surface area (Å²) in [4.78, 5) is 16.3. The Kier molecular flexibility index (Phi) is 4.29. The standard InChI is InChI=1S/C16H17NO2/c1-3-8-19-15-6-4-13(5-7-15)16(18)14-9-12(2)10-17-11-14/h4-7,9-11H,3,8H2,1-2H3. The summed E-state index contributed by atoms with van der Waals surface area (Å²) in [5.74, 6) is 0.777. The van der Waals surface area contributed by atoms with Crippen molar-refractivity contribution in [2.75, 3.05) is 6.61 Å². The van der Waals surface area contributed by atoms with Gasteiger partial charge in [0.15, 0.2) is 5.78 Å². The summed E-state index contributed by atoms with van der Waals surface area (Å²) >= 11 is 0. The van der Waals surface area contributed by atoms with Gasteiger partial charge in [0.05, 0.1) is 6.61 Å². The monoisotopic (exact) mass is 255 g/mol. The van der Waals surface area contributed by atoms with Crippen LogP contribution in [0.15, 0.2) is 42.7 Å². The molecule has 0 aliphatic carbocycles. The number of aromatic nitrogens is 1. The number of pyridine rings is 1. The summed E-state index contributed by atoms with van der Waals surface area (Å²) in [6, 6.07) is 9.07. The molecule has 3 heteroatoms. The van der Waals surface area contributed by atoms with Crippen LogP contribution >= 0.6 is 0 Å². The SMILES string of the molecule is CCCOc1ccc(C(=O)c2cncc(C)c2)cc1. The maximum Gasteiger partial charge on any atom is 0.194 e. The first-order valence-electron chi connectivity index (χ1n) is 6.40. The van der Waals surface area contributed by atoms with Gasteiger partial charge in [0.1, 0.15) is 5.75 Å². The number of rotatable bonds is 5. The van der Waals surface area contributed by atoms with E-state index in [0.29, 0.717) is 17.7 Å². The van der Waals surface area contributed by atoms with Gasteiger partial charge in [0.2, 0.25) is 0 Å². The summed E-state index contributed by atoms with van der Waals surface area (Å²) in [5.41, 5.74) is 2.24. The van der Waals surface area contributed by atoms with Crippen molar-refractivity contribution in [3.05, 3.63) is 59.4 Å². The molecule has 2 rings (SSSR count). The van der Waals surface area contributed by atoms with Crippen LogP contribution in [0.4, 0.5) is 0 Å². The van der Waals surface area contributed by atoms with E-state index in [9.17, 15) is 4.79 Å². The number of nitrogens with zero attached hydrogens (tertiary/aromatic N) is 1. The molecule has 98 valence electrons. The van der Waals surface area contributed by atoms with Crippen molar-refractivity contribution in [2.24, 2.45) is 0 Å². The molecule has 1 heterocycles. The smallest absolute Gasteiger partial charge is 0.194 e. The van der Waals surface area contributed by atoms with Crippen molar-refractivity contribution in [1.29, 1.82) is 0 Å². The second-order valence-electron chi connectivity index (χ2n) is 4.45. The van der Waals surface area contributed by atoms with Crippen LogP contribution in [0.5, 0.6) is 5.75 Å². The lowest BCUT2D eigenvalue weighted by atomic mass is 10.0. The molecule has 0 spiro atoms. The lowest BCUT2D eigenvalue weighted by molar-refractivity contribution is 0.103. The number of hydrogen-bond donors (Lipinski definition) is 0. The number of hydrogen-bond acceptors (Lipinski definition) is 3. The Morgan fingerprint density at radius 2 is 1.89 bits per heavy atom. The topological polar surface area (TPSA) is 39.2 Å². The molecule has 2 aromatic rings. The predicted octanol–water partition coefficient (Wildman–Crippen LogP) is 3.41. The molecule has 0 radical (unpaired) electrons. The average molecular weight is 255 g/mol. The Morgan fingerprint density at radius 3 is 2.53 bits per heavy atom. The van der Waals surface area contributed by atoms with Gasteiger partial charge in [-0.25, -0.2) is 0 Å². The van der Waals surface area contributed by atoms with Gasteiger partial charge in [-0.15, -0.1) is 0 Å². The van der Waals surface area contributed by atoms with Crippen LogP contribution in [0.2, 0.25) is 0 Å². The van der Waals surface area contributed by atoms with E-state index in [2.05, 4.69) is 11.9 Å². The zero-order valence-electron chi connectivity index (χ0n) is 11.2. The van der Waals surface area contributed by atoms with Gasteiger partial charge in [-0.1, -0.05) is 6.92 Å². The molecule has 0 fully saturated rings. The van der Waals surface area contributed by atoms with Crippen molar-refractivity contribution < 1.29 is 9.53 Å². The Labute approximate surface area is 113 Å². The minimum atomic E-state index is -0.0155. The van der Waals surface area contributed by atoms with E-state index in [-0.39, 0.29) is 5.78 Å². The number of aryl methyl sites for hydroxylation is 1. The molecule has 0 aliphatic heterocycles. The minimum absolute atomic E-state index is 0.0155. The summed E-state index contributed by atoms with van der Waals surface area (Å²) in [6.07, 6.45) is 4.30. The van der Waals surface area contributed by atoms with Crippen molar-refractivity contribution >= 4 is 5.78 Å². The first-order valence-corrected chi connectivity index (χ1v) is 6.40. The van der Waals surface area contributed by atoms with E-state index in [1.165, 1.54) is 0 Å². The molecular weight excluding hydrogens is 238 g/mol. The number of carbonyl (C=O) groups is 1. The molecule has 0 atom stereocenters. The van der Waals surface area contributed by atoms with Crippen molar-refractivity contribution in [1.82, 2.24) is 4.98 Å². The Hall–Kier alpha value is -2.16. The van der Waals surface area contributed by atoms with E-state index >= 15 is 0 Å². The number of carbonyl (C=O) groups excluding carboxylic acids is 1. The van der Waals surface area contributed by atoms with Crippen LogP contribution in [0, 0.1) is 6.92 Å². The molecule has 0 saturated carbocycles. The quantitative estimate of drug-likeness (QED) is 0.768. The molecule has 0 N–H and O–H groups in total. The number of benzene rings is 1. The fourth-order valence-corrected chi connectivity index (χ4v) is 1.77. The highest BCUT2D eigenvalue weighted by molar-refractivity contribution is 6.08. The molecule has 0 aliphatic rings. The molecule has 0 saturated heterocycles. The summed E-state index contributed by atoms with van der Waals surface area (Å²) in [5, 5.41) is 0. The zero-order valence-corrected chi connectivity index (χ0v) is 11.2. The second-order valence-corrected chi connectivity index (χ2v) is 4.45. The molecule has 1 aromatic heterocycles. The lowest BCUT2D eigenvalue weighted by Gasteiger charge is -2.06. The molecule has 19 heavy (non-hydrogen) atoms. The van der Waals surface area contributed by atoms with E-state index < -0.39 is 0 Å². The van der Waals surface area contributed by atoms with Gasteiger partial charge < -0.3 is 4.74 Å². The first kappa shape index (κ1) is 13.3. The Morgan fingerprint density at radius 1 is 1.16 bits per heavy atom. The van der Waals surface area contributed by atoms with Crippen LogP contribution in [-0.4, -0.2) is 17.4 Å². The molecule has 0 unspecified atom stereocenters. The second kappa shape index (κ2) is 6.14.